The quantitative estimate of drug-likeness (QED) is 0.703. The molecule has 0 N–H and O–H groups in total. The first-order chi connectivity index (χ1) is 6.25. The molecule has 2 aromatic heterocycles. The highest BCUT2D eigenvalue weighted by atomic mass is 32.1. The van der Waals surface area contributed by atoms with Crippen LogP contribution < -0.4 is 0 Å². The highest BCUT2D eigenvalue weighted by Crippen LogP contribution is 2.21. The third kappa shape index (κ3) is 1.67. The molecule has 0 aliphatic rings. The van der Waals surface area contributed by atoms with E-state index in [0.717, 1.165) is 17.5 Å². The van der Waals surface area contributed by atoms with Crippen LogP contribution in [-0.2, 0) is 0 Å². The van der Waals surface area contributed by atoms with Crippen molar-refractivity contribution in [1.29, 1.82) is 0 Å². The Labute approximate surface area is 76.1 Å². The maximum atomic E-state index is 12.7. The number of hydrogen-bond acceptors (Lipinski definition) is 4. The first kappa shape index (κ1) is 8.18. The van der Waals surface area contributed by atoms with Crippen molar-refractivity contribution >= 4 is 11.3 Å². The predicted molar refractivity (Wildman–Crippen MR) is 43.1 cm³/mol. The zero-order valence-corrected chi connectivity index (χ0v) is 7.05. The number of rotatable bonds is 1. The molecule has 13 heavy (non-hydrogen) atoms. The van der Waals surface area contributed by atoms with Crippen molar-refractivity contribution in [3.8, 4) is 10.6 Å². The smallest absolute Gasteiger partial charge is 0.261 e. The van der Waals surface area contributed by atoms with Crippen molar-refractivity contribution < 1.29 is 8.78 Å². The molecule has 0 atom stereocenters. The summed E-state index contributed by atoms with van der Waals surface area (Å²) in [4.78, 5) is 3.61. The Morgan fingerprint density at radius 1 is 1.15 bits per heavy atom. The van der Waals surface area contributed by atoms with Crippen molar-refractivity contribution in [2.24, 2.45) is 0 Å². The van der Waals surface area contributed by atoms with Crippen LogP contribution in [0.25, 0.3) is 10.6 Å². The molecule has 0 saturated heterocycles. The Morgan fingerprint density at radius 3 is 2.62 bits per heavy atom. The Balaban J connectivity index is 2.46. The van der Waals surface area contributed by atoms with Gasteiger partial charge in [-0.1, -0.05) is 11.3 Å². The van der Waals surface area contributed by atoms with Gasteiger partial charge in [-0.25, -0.2) is 4.39 Å². The van der Waals surface area contributed by atoms with E-state index in [1.807, 2.05) is 0 Å². The summed E-state index contributed by atoms with van der Waals surface area (Å²) in [7, 11) is 0. The minimum atomic E-state index is -0.640. The summed E-state index contributed by atoms with van der Waals surface area (Å²) in [6, 6.07) is 1.23. The lowest BCUT2D eigenvalue weighted by molar-refractivity contribution is 0.601. The van der Waals surface area contributed by atoms with E-state index in [9.17, 15) is 8.78 Å². The maximum absolute atomic E-state index is 12.7. The molecule has 0 fully saturated rings. The Kier molecular flexibility index (Phi) is 1.97. The summed E-state index contributed by atoms with van der Waals surface area (Å²) >= 11 is 0.754. The van der Waals surface area contributed by atoms with Gasteiger partial charge in [0.2, 0.25) is 0 Å². The van der Waals surface area contributed by atoms with Gasteiger partial charge in [0.05, 0.1) is 6.20 Å². The van der Waals surface area contributed by atoms with Crippen molar-refractivity contribution in [3.05, 3.63) is 29.5 Å². The van der Waals surface area contributed by atoms with Crippen LogP contribution in [0.1, 0.15) is 0 Å². The second kappa shape index (κ2) is 3.14. The molecule has 0 spiro atoms. The van der Waals surface area contributed by atoms with E-state index in [4.69, 9.17) is 0 Å². The molecule has 0 saturated carbocycles. The van der Waals surface area contributed by atoms with Crippen molar-refractivity contribution in [1.82, 2.24) is 15.2 Å². The second-order valence-corrected chi connectivity index (χ2v) is 3.18. The van der Waals surface area contributed by atoms with E-state index < -0.39 is 11.1 Å². The molecule has 2 rings (SSSR count). The average molecular weight is 199 g/mol. The topological polar surface area (TPSA) is 38.7 Å². The van der Waals surface area contributed by atoms with Crippen LogP contribution in [0, 0.1) is 11.1 Å². The van der Waals surface area contributed by atoms with E-state index in [-0.39, 0.29) is 0 Å². The zero-order chi connectivity index (χ0) is 9.26. The predicted octanol–water partition coefficient (Wildman–Crippen LogP) is 1.88. The van der Waals surface area contributed by atoms with Crippen LogP contribution in [0.15, 0.2) is 18.5 Å². The average Bonchev–Trinajstić information content (AvgIpc) is 2.52. The lowest BCUT2D eigenvalue weighted by Gasteiger charge is -1.92. The van der Waals surface area contributed by atoms with Gasteiger partial charge in [-0.3, -0.25) is 4.98 Å². The maximum Gasteiger partial charge on any atom is 0.289 e. The lowest BCUT2D eigenvalue weighted by atomic mass is 10.3. The van der Waals surface area contributed by atoms with Crippen LogP contribution in [0.3, 0.4) is 0 Å². The monoisotopic (exact) mass is 199 g/mol. The molecule has 2 aromatic rings. The molecule has 0 aliphatic carbocycles. The highest BCUT2D eigenvalue weighted by molar-refractivity contribution is 7.13. The van der Waals surface area contributed by atoms with Gasteiger partial charge in [0.15, 0.2) is 5.01 Å². The molecule has 0 amide bonds. The van der Waals surface area contributed by atoms with Crippen LogP contribution in [0.5, 0.6) is 0 Å². The van der Waals surface area contributed by atoms with E-state index in [0.29, 0.717) is 10.6 Å². The zero-order valence-electron chi connectivity index (χ0n) is 6.24. The molecule has 66 valence electrons. The number of halogens is 2. The van der Waals surface area contributed by atoms with E-state index in [1.54, 1.807) is 0 Å². The molecule has 3 nitrogen and oxygen atoms in total. The van der Waals surface area contributed by atoms with Crippen LogP contribution >= 0.6 is 11.3 Å². The van der Waals surface area contributed by atoms with Gasteiger partial charge in [-0.2, -0.15) is 4.39 Å². The van der Waals surface area contributed by atoms with Gasteiger partial charge < -0.3 is 0 Å². The fourth-order valence-corrected chi connectivity index (χ4v) is 1.40. The second-order valence-electron chi connectivity index (χ2n) is 2.25. The highest BCUT2D eigenvalue weighted by Gasteiger charge is 2.06. The number of pyridine rings is 1. The van der Waals surface area contributed by atoms with Crippen LogP contribution in [0.4, 0.5) is 8.78 Å². The number of aromatic nitrogens is 3. The van der Waals surface area contributed by atoms with Gasteiger partial charge in [0.25, 0.3) is 5.26 Å². The summed E-state index contributed by atoms with van der Waals surface area (Å²) in [5.74, 6) is -0.479. The van der Waals surface area contributed by atoms with E-state index in [2.05, 4.69) is 15.2 Å². The first-order valence-electron chi connectivity index (χ1n) is 3.35. The summed E-state index contributed by atoms with van der Waals surface area (Å²) in [5, 5.41) is 6.37. The molecule has 0 aliphatic heterocycles. The normalized spacial score (nSPS) is 10.3. The molecule has 6 heteroatoms. The van der Waals surface area contributed by atoms with Gasteiger partial charge >= 0.3 is 0 Å². The van der Waals surface area contributed by atoms with Gasteiger partial charge in [0.1, 0.15) is 5.82 Å². The molecular weight excluding hydrogens is 196 g/mol. The standard InChI is InChI=1S/C7H3F2N3S/c8-5-1-4(2-10-3-5)6-11-12-7(9)13-6/h1-3H. The summed E-state index contributed by atoms with van der Waals surface area (Å²) in [6.45, 7) is 0. The van der Waals surface area contributed by atoms with Crippen molar-refractivity contribution in [2.45, 2.75) is 0 Å². The largest absolute Gasteiger partial charge is 0.289 e. The molecule has 0 aromatic carbocycles. The van der Waals surface area contributed by atoms with Crippen LogP contribution in [0.2, 0.25) is 0 Å². The summed E-state index contributed by atoms with van der Waals surface area (Å²) in [6.07, 6.45) is 2.48. The van der Waals surface area contributed by atoms with Crippen molar-refractivity contribution in [2.75, 3.05) is 0 Å². The molecule has 0 radical (unpaired) electrons. The fourth-order valence-electron chi connectivity index (χ4n) is 0.851. The minimum absolute atomic E-state index is 0.324. The van der Waals surface area contributed by atoms with Crippen molar-refractivity contribution in [3.63, 3.8) is 0 Å². The van der Waals surface area contributed by atoms with Gasteiger partial charge in [-0.05, 0) is 6.07 Å². The molecule has 0 unspecified atom stereocenters. The molecular formula is C7H3F2N3S. The minimum Gasteiger partial charge on any atom is -0.261 e. The Bertz CT molecular complexity index is 429. The summed E-state index contributed by atoms with van der Waals surface area (Å²) < 4.78 is 25.1. The number of hydrogen-bond donors (Lipinski definition) is 0. The third-order valence-corrected chi connectivity index (χ3v) is 2.11. The van der Waals surface area contributed by atoms with E-state index in [1.165, 1.54) is 12.3 Å². The summed E-state index contributed by atoms with van der Waals surface area (Å²) in [5.41, 5.74) is 0.432. The molecule has 2 heterocycles. The lowest BCUT2D eigenvalue weighted by Crippen LogP contribution is -1.81. The first-order valence-corrected chi connectivity index (χ1v) is 4.17. The fraction of sp³-hybridized carbons (Fsp3) is 0. The third-order valence-electron chi connectivity index (χ3n) is 1.35. The number of nitrogens with zero attached hydrogens (tertiary/aromatic N) is 3. The van der Waals surface area contributed by atoms with E-state index >= 15 is 0 Å². The van der Waals surface area contributed by atoms with Gasteiger partial charge in [-0.15, -0.1) is 10.2 Å². The van der Waals surface area contributed by atoms with Crippen LogP contribution in [-0.4, -0.2) is 15.2 Å². The van der Waals surface area contributed by atoms with Gasteiger partial charge in [0, 0.05) is 11.8 Å². The Morgan fingerprint density at radius 2 is 2.00 bits per heavy atom. The Hall–Kier alpha value is -1.43. The molecule has 0 bridgehead atoms. The SMILES string of the molecule is Fc1cncc(-c2nnc(F)s2)c1.